The van der Waals surface area contributed by atoms with E-state index in [9.17, 15) is 9.59 Å². The minimum Gasteiger partial charge on any atom is -0.485 e. The molecule has 0 N–H and O–H groups in total. The first-order chi connectivity index (χ1) is 16.6. The van der Waals surface area contributed by atoms with Gasteiger partial charge >= 0.3 is 12.1 Å². The molecule has 1 aliphatic carbocycles. The summed E-state index contributed by atoms with van der Waals surface area (Å²) in [5, 5.41) is 0. The normalized spacial score (nSPS) is 18.8. The number of benzene rings is 2. The van der Waals surface area contributed by atoms with Crippen molar-refractivity contribution in [3.63, 3.8) is 0 Å². The van der Waals surface area contributed by atoms with E-state index in [1.165, 1.54) is 5.56 Å². The van der Waals surface area contributed by atoms with Crippen molar-refractivity contribution in [2.24, 2.45) is 0 Å². The molecule has 2 aromatic rings. The van der Waals surface area contributed by atoms with Gasteiger partial charge in [-0.3, -0.25) is 4.79 Å². The van der Waals surface area contributed by atoms with Crippen molar-refractivity contribution < 1.29 is 23.8 Å². The van der Waals surface area contributed by atoms with Crippen molar-refractivity contribution in [3.8, 4) is 5.75 Å². The topological polar surface area (TPSA) is 65.1 Å². The molecule has 35 heavy (non-hydrogen) atoms. The van der Waals surface area contributed by atoms with Gasteiger partial charge in [0.05, 0.1) is 13.0 Å². The van der Waals surface area contributed by atoms with Crippen molar-refractivity contribution in [1.82, 2.24) is 4.90 Å². The van der Waals surface area contributed by atoms with Gasteiger partial charge in [-0.25, -0.2) is 4.79 Å². The van der Waals surface area contributed by atoms with Gasteiger partial charge in [-0.15, -0.1) is 0 Å². The van der Waals surface area contributed by atoms with E-state index >= 15 is 0 Å². The lowest BCUT2D eigenvalue weighted by Gasteiger charge is -2.40. The summed E-state index contributed by atoms with van der Waals surface area (Å²) in [5.74, 6) is 0.448. The number of carbonyl (C=O) groups is 2. The first kappa shape index (κ1) is 25.5. The largest absolute Gasteiger partial charge is 0.485 e. The van der Waals surface area contributed by atoms with E-state index in [1.807, 2.05) is 49.9 Å². The molecular formula is C28H34BrNO5. The van der Waals surface area contributed by atoms with E-state index in [0.717, 1.165) is 34.9 Å². The number of esters is 1. The van der Waals surface area contributed by atoms with Crippen molar-refractivity contribution in [2.45, 2.75) is 70.5 Å². The van der Waals surface area contributed by atoms with Crippen LogP contribution in [-0.2, 0) is 26.1 Å². The molecule has 1 fully saturated rings. The van der Waals surface area contributed by atoms with Crippen molar-refractivity contribution in [1.29, 1.82) is 0 Å². The van der Waals surface area contributed by atoms with Gasteiger partial charge in [-0.2, -0.15) is 0 Å². The second-order valence-electron chi connectivity index (χ2n) is 10.4. The number of carbonyl (C=O) groups excluding carboxylic acids is 2. The molecule has 0 bridgehead atoms. The molecular weight excluding hydrogens is 510 g/mol. The molecule has 6 nitrogen and oxygen atoms in total. The minimum absolute atomic E-state index is 0.0602. The summed E-state index contributed by atoms with van der Waals surface area (Å²) < 4.78 is 18.4. The highest BCUT2D eigenvalue weighted by Crippen LogP contribution is 2.53. The number of ether oxygens (including phenoxy) is 3. The zero-order chi connectivity index (χ0) is 25.2. The van der Waals surface area contributed by atoms with E-state index in [-0.39, 0.29) is 30.0 Å². The summed E-state index contributed by atoms with van der Waals surface area (Å²) in [5.41, 5.74) is 2.71. The van der Waals surface area contributed by atoms with Gasteiger partial charge in [0.2, 0.25) is 0 Å². The summed E-state index contributed by atoms with van der Waals surface area (Å²) in [6, 6.07) is 14.1. The summed E-state index contributed by atoms with van der Waals surface area (Å²) in [6.07, 6.45) is 2.32. The third-order valence-electron chi connectivity index (χ3n) is 6.76. The van der Waals surface area contributed by atoms with Gasteiger partial charge in [-0.1, -0.05) is 40.2 Å². The first-order valence-electron chi connectivity index (χ1n) is 12.3. The molecule has 1 atom stereocenters. The lowest BCUT2D eigenvalue weighted by atomic mass is 9.74. The summed E-state index contributed by atoms with van der Waals surface area (Å²) in [4.78, 5) is 26.6. The van der Waals surface area contributed by atoms with Crippen LogP contribution in [0.25, 0.3) is 0 Å². The maximum Gasteiger partial charge on any atom is 0.410 e. The predicted molar refractivity (Wildman–Crippen MR) is 138 cm³/mol. The summed E-state index contributed by atoms with van der Waals surface area (Å²) in [6.45, 7) is 9.14. The summed E-state index contributed by atoms with van der Waals surface area (Å²) in [7, 11) is 0. The minimum atomic E-state index is -0.506. The molecule has 1 spiro atoms. The molecule has 1 heterocycles. The Morgan fingerprint density at radius 1 is 1.11 bits per heavy atom. The highest BCUT2D eigenvalue weighted by molar-refractivity contribution is 9.10. The van der Waals surface area contributed by atoms with Crippen LogP contribution in [0, 0.1) is 0 Å². The molecule has 4 rings (SSSR count). The van der Waals surface area contributed by atoms with Crippen LogP contribution in [0.15, 0.2) is 46.9 Å². The van der Waals surface area contributed by atoms with E-state index in [0.29, 0.717) is 25.4 Å². The predicted octanol–water partition coefficient (Wildman–Crippen LogP) is 6.35. The second kappa shape index (κ2) is 10.2. The van der Waals surface area contributed by atoms with Crippen LogP contribution in [0.4, 0.5) is 4.79 Å². The molecule has 2 aliphatic rings. The number of hydrogen-bond donors (Lipinski definition) is 0. The first-order valence-corrected chi connectivity index (χ1v) is 13.1. The van der Waals surface area contributed by atoms with Crippen LogP contribution < -0.4 is 4.74 Å². The SMILES string of the molecule is CCOC(=O)Cc1ccccc1O[C@@H]1CC2(CCN(C(=O)OC(C)(C)C)CC2)c2ccc(Br)cc21. The van der Waals surface area contributed by atoms with E-state index in [4.69, 9.17) is 14.2 Å². The fraction of sp³-hybridized carbons (Fsp3) is 0.500. The quantitative estimate of drug-likeness (QED) is 0.411. The molecule has 1 saturated heterocycles. The Kier molecular flexibility index (Phi) is 7.46. The van der Waals surface area contributed by atoms with E-state index < -0.39 is 5.60 Å². The number of fused-ring (bicyclic) bond motifs is 2. The number of nitrogens with zero attached hydrogens (tertiary/aromatic N) is 1. The van der Waals surface area contributed by atoms with Crippen molar-refractivity contribution in [3.05, 3.63) is 63.6 Å². The Morgan fingerprint density at radius 3 is 2.51 bits per heavy atom. The Morgan fingerprint density at radius 2 is 1.83 bits per heavy atom. The molecule has 0 radical (unpaired) electrons. The maximum atomic E-state index is 12.6. The van der Waals surface area contributed by atoms with E-state index in [1.54, 1.807) is 6.92 Å². The number of likely N-dealkylation sites (tertiary alicyclic amines) is 1. The molecule has 0 unspecified atom stereocenters. The zero-order valence-corrected chi connectivity index (χ0v) is 22.5. The fourth-order valence-electron chi connectivity index (χ4n) is 5.17. The number of halogens is 1. The van der Waals surface area contributed by atoms with Crippen LogP contribution in [-0.4, -0.2) is 42.3 Å². The lowest BCUT2D eigenvalue weighted by Crippen LogP contribution is -2.46. The average Bonchev–Trinajstić information content (AvgIpc) is 3.06. The van der Waals surface area contributed by atoms with Crippen molar-refractivity contribution >= 4 is 28.0 Å². The van der Waals surface area contributed by atoms with Gasteiger partial charge in [0.25, 0.3) is 0 Å². The molecule has 1 amide bonds. The van der Waals surface area contributed by atoms with Crippen LogP contribution >= 0.6 is 15.9 Å². The third-order valence-corrected chi connectivity index (χ3v) is 7.26. The van der Waals surface area contributed by atoms with Gasteiger partial charge in [0, 0.05) is 28.5 Å². The maximum absolute atomic E-state index is 12.6. The molecule has 2 aromatic carbocycles. The highest BCUT2D eigenvalue weighted by Gasteiger charge is 2.47. The zero-order valence-electron chi connectivity index (χ0n) is 20.9. The number of para-hydroxylation sites is 1. The standard InChI is InChI=1S/C28H34BrNO5/c1-5-33-25(31)16-19-8-6-7-9-23(19)34-24-18-28(22-11-10-20(29)17-21(22)24)12-14-30(15-13-28)26(32)35-27(2,3)4/h6-11,17,24H,5,12-16,18H2,1-4H3/t24-/m1/s1. The van der Waals surface area contributed by atoms with Gasteiger partial charge in [0.1, 0.15) is 17.5 Å². The van der Waals surface area contributed by atoms with Crippen LogP contribution in [0.2, 0.25) is 0 Å². The van der Waals surface area contributed by atoms with Crippen LogP contribution in [0.1, 0.15) is 69.8 Å². The molecule has 1 aliphatic heterocycles. The van der Waals surface area contributed by atoms with Gasteiger partial charge < -0.3 is 19.1 Å². The van der Waals surface area contributed by atoms with Crippen LogP contribution in [0.5, 0.6) is 5.75 Å². The van der Waals surface area contributed by atoms with Crippen LogP contribution in [0.3, 0.4) is 0 Å². The van der Waals surface area contributed by atoms with Crippen molar-refractivity contribution in [2.75, 3.05) is 19.7 Å². The molecule has 7 heteroatoms. The van der Waals surface area contributed by atoms with Gasteiger partial charge in [0.15, 0.2) is 0 Å². The monoisotopic (exact) mass is 543 g/mol. The number of hydrogen-bond acceptors (Lipinski definition) is 5. The molecule has 188 valence electrons. The Labute approximate surface area is 216 Å². The lowest BCUT2D eigenvalue weighted by molar-refractivity contribution is -0.142. The number of amides is 1. The Hall–Kier alpha value is -2.54. The second-order valence-corrected chi connectivity index (χ2v) is 11.3. The van der Waals surface area contributed by atoms with E-state index in [2.05, 4.69) is 34.1 Å². The Balaban J connectivity index is 1.54. The fourth-order valence-corrected chi connectivity index (χ4v) is 5.54. The average molecular weight is 544 g/mol. The molecule has 0 aromatic heterocycles. The number of rotatable bonds is 5. The van der Waals surface area contributed by atoms with Gasteiger partial charge in [-0.05, 0) is 76.3 Å². The Bertz CT molecular complexity index is 1080. The third kappa shape index (κ3) is 5.83. The summed E-state index contributed by atoms with van der Waals surface area (Å²) >= 11 is 3.63. The molecule has 0 saturated carbocycles. The highest BCUT2D eigenvalue weighted by atomic mass is 79.9. The smallest absolute Gasteiger partial charge is 0.410 e. The number of piperidine rings is 1.